The molecule has 6 heteroatoms. The molecule has 0 aliphatic carbocycles. The van der Waals surface area contributed by atoms with Crippen LogP contribution in [0.25, 0.3) is 0 Å². The lowest BCUT2D eigenvalue weighted by Gasteiger charge is -2.12. The molecule has 0 aromatic carbocycles. The molecule has 0 saturated carbocycles. The molecule has 74 valence electrons. The molecule has 13 heavy (non-hydrogen) atoms. The van der Waals surface area contributed by atoms with Gasteiger partial charge in [0, 0.05) is 0 Å². The van der Waals surface area contributed by atoms with E-state index in [1.807, 2.05) is 0 Å². The average molecular weight is 187 g/mol. The first-order valence-corrected chi connectivity index (χ1v) is 4.04. The number of rotatable bonds is 3. The maximum atomic E-state index is 11.3. The second-order valence-corrected chi connectivity index (χ2v) is 2.85. The largest absolute Gasteiger partial charge is 0.341 e. The van der Waals surface area contributed by atoms with Crippen LogP contribution in [0.1, 0.15) is 6.92 Å². The van der Waals surface area contributed by atoms with Gasteiger partial charge < -0.3 is 10.6 Å². The summed E-state index contributed by atoms with van der Waals surface area (Å²) in [7, 11) is 1.68. The zero-order valence-corrected chi connectivity index (χ0v) is 7.59. The Morgan fingerprint density at radius 3 is 2.92 bits per heavy atom. The minimum Gasteiger partial charge on any atom is -0.341 e. The third kappa shape index (κ3) is 2.40. The Hall–Kier alpha value is -1.14. The minimum atomic E-state index is -0.566. The van der Waals surface area contributed by atoms with Crippen LogP contribution in [0.15, 0.2) is 0 Å². The Labute approximate surface area is 76.0 Å². The molecule has 1 saturated heterocycles. The fourth-order valence-electron chi connectivity index (χ4n) is 0.878. The first kappa shape index (κ1) is 9.94. The van der Waals surface area contributed by atoms with Crippen LogP contribution in [0, 0.1) is 0 Å². The predicted molar refractivity (Wildman–Crippen MR) is 44.5 cm³/mol. The van der Waals surface area contributed by atoms with Gasteiger partial charge in [-0.15, -0.1) is 0 Å². The van der Waals surface area contributed by atoms with Gasteiger partial charge in [0.25, 0.3) is 5.91 Å². The van der Waals surface area contributed by atoms with Crippen molar-refractivity contribution in [2.45, 2.75) is 19.0 Å². The Bertz CT molecular complexity index is 219. The van der Waals surface area contributed by atoms with Crippen molar-refractivity contribution in [3.63, 3.8) is 0 Å². The molecule has 0 spiro atoms. The predicted octanol–water partition coefficient (Wildman–Crippen LogP) is -1.86. The number of hydroxylamine groups is 1. The lowest BCUT2D eigenvalue weighted by Crippen LogP contribution is -2.48. The Kier molecular flexibility index (Phi) is 3.21. The van der Waals surface area contributed by atoms with Gasteiger partial charge in [0.15, 0.2) is 0 Å². The first-order chi connectivity index (χ1) is 6.15. The third-order valence-corrected chi connectivity index (χ3v) is 1.88. The Morgan fingerprint density at radius 2 is 2.46 bits per heavy atom. The molecule has 1 aliphatic rings. The van der Waals surface area contributed by atoms with E-state index in [0.717, 1.165) is 0 Å². The van der Waals surface area contributed by atoms with Crippen LogP contribution in [0.3, 0.4) is 0 Å². The monoisotopic (exact) mass is 187 g/mol. The topological polar surface area (TPSA) is 79.5 Å². The molecule has 0 unspecified atom stereocenters. The van der Waals surface area contributed by atoms with Crippen LogP contribution in [0.4, 0.5) is 0 Å². The number of likely N-dealkylation sites (N-methyl/N-ethyl adjacent to an activating group) is 1. The summed E-state index contributed by atoms with van der Waals surface area (Å²) in [5.74, 6) is -0.523. The van der Waals surface area contributed by atoms with Gasteiger partial charge in [-0.3, -0.25) is 14.4 Å². The van der Waals surface area contributed by atoms with Crippen molar-refractivity contribution in [2.75, 3.05) is 13.7 Å². The highest BCUT2D eigenvalue weighted by Crippen LogP contribution is 1.94. The van der Waals surface area contributed by atoms with E-state index in [0.29, 0.717) is 0 Å². The van der Waals surface area contributed by atoms with Gasteiger partial charge >= 0.3 is 0 Å². The van der Waals surface area contributed by atoms with Crippen molar-refractivity contribution in [3.05, 3.63) is 0 Å². The molecule has 1 rings (SSSR count). The number of hydrogen-bond acceptors (Lipinski definition) is 4. The van der Waals surface area contributed by atoms with Gasteiger partial charge in [-0.1, -0.05) is 0 Å². The summed E-state index contributed by atoms with van der Waals surface area (Å²) in [4.78, 5) is 26.9. The average Bonchev–Trinajstić information content (AvgIpc) is 2.50. The standard InChI is InChI=1S/C7H13N3O3/c1-4(8-2)6(11)9-5-3-13-10-7(5)12/h4-5,8H,3H2,1-2H3,(H,9,11)(H,10,12)/t4-,5+/m0/s1. The van der Waals surface area contributed by atoms with Crippen molar-refractivity contribution in [1.82, 2.24) is 16.1 Å². The molecule has 3 N–H and O–H groups in total. The number of nitrogens with one attached hydrogen (secondary N) is 3. The molecule has 1 aliphatic heterocycles. The van der Waals surface area contributed by atoms with Gasteiger partial charge in [0.2, 0.25) is 5.91 Å². The fraction of sp³-hybridized carbons (Fsp3) is 0.714. The summed E-state index contributed by atoms with van der Waals surface area (Å²) in [6.45, 7) is 1.89. The molecule has 0 radical (unpaired) electrons. The van der Waals surface area contributed by atoms with E-state index in [1.165, 1.54) is 0 Å². The molecule has 2 atom stereocenters. The SMILES string of the molecule is CN[C@@H](C)C(=O)N[C@@H]1CONC1=O. The van der Waals surface area contributed by atoms with Crippen LogP contribution in [0.5, 0.6) is 0 Å². The van der Waals surface area contributed by atoms with E-state index in [2.05, 4.69) is 21.0 Å². The van der Waals surface area contributed by atoms with Crippen LogP contribution in [0.2, 0.25) is 0 Å². The van der Waals surface area contributed by atoms with Gasteiger partial charge in [0.05, 0.1) is 6.04 Å². The molecule has 0 bridgehead atoms. The van der Waals surface area contributed by atoms with Crippen LogP contribution < -0.4 is 16.1 Å². The molecule has 2 amide bonds. The normalized spacial score (nSPS) is 23.8. The summed E-state index contributed by atoms with van der Waals surface area (Å²) >= 11 is 0. The molecular formula is C7H13N3O3. The zero-order valence-electron chi connectivity index (χ0n) is 7.59. The van der Waals surface area contributed by atoms with Crippen molar-refractivity contribution < 1.29 is 14.4 Å². The summed E-state index contributed by atoms with van der Waals surface area (Å²) in [6, 6.07) is -0.878. The summed E-state index contributed by atoms with van der Waals surface area (Å²) in [5, 5.41) is 5.31. The highest BCUT2D eigenvalue weighted by atomic mass is 16.7. The Balaban J connectivity index is 2.39. The van der Waals surface area contributed by atoms with Crippen LogP contribution >= 0.6 is 0 Å². The molecule has 0 aromatic heterocycles. The number of carbonyl (C=O) groups is 2. The highest BCUT2D eigenvalue weighted by molar-refractivity contribution is 5.89. The summed E-state index contributed by atoms with van der Waals surface area (Å²) < 4.78 is 0. The van der Waals surface area contributed by atoms with E-state index < -0.39 is 6.04 Å². The van der Waals surface area contributed by atoms with E-state index in [4.69, 9.17) is 0 Å². The first-order valence-electron chi connectivity index (χ1n) is 4.04. The number of carbonyl (C=O) groups excluding carboxylic acids is 2. The summed E-state index contributed by atoms with van der Waals surface area (Å²) in [6.07, 6.45) is 0. The third-order valence-electron chi connectivity index (χ3n) is 1.88. The van der Waals surface area contributed by atoms with Crippen molar-refractivity contribution in [2.24, 2.45) is 0 Å². The van der Waals surface area contributed by atoms with Crippen molar-refractivity contribution in [1.29, 1.82) is 0 Å². The molecule has 1 heterocycles. The lowest BCUT2D eigenvalue weighted by molar-refractivity contribution is -0.129. The summed E-state index contributed by atoms with van der Waals surface area (Å²) in [5.41, 5.74) is 2.16. The smallest absolute Gasteiger partial charge is 0.268 e. The lowest BCUT2D eigenvalue weighted by atomic mass is 10.2. The van der Waals surface area contributed by atoms with Crippen molar-refractivity contribution >= 4 is 11.8 Å². The van der Waals surface area contributed by atoms with Gasteiger partial charge in [-0.2, -0.15) is 0 Å². The molecule has 1 fully saturated rings. The van der Waals surface area contributed by atoms with Gasteiger partial charge in [-0.25, -0.2) is 5.48 Å². The van der Waals surface area contributed by atoms with E-state index in [-0.39, 0.29) is 24.5 Å². The van der Waals surface area contributed by atoms with E-state index in [1.54, 1.807) is 14.0 Å². The maximum Gasteiger partial charge on any atom is 0.268 e. The Morgan fingerprint density at radius 1 is 1.77 bits per heavy atom. The minimum absolute atomic E-state index is 0.182. The van der Waals surface area contributed by atoms with Crippen LogP contribution in [-0.2, 0) is 14.4 Å². The van der Waals surface area contributed by atoms with E-state index >= 15 is 0 Å². The van der Waals surface area contributed by atoms with Gasteiger partial charge in [-0.05, 0) is 14.0 Å². The fourth-order valence-corrected chi connectivity index (χ4v) is 0.878. The maximum absolute atomic E-state index is 11.3. The van der Waals surface area contributed by atoms with Gasteiger partial charge in [0.1, 0.15) is 12.6 Å². The molecule has 6 nitrogen and oxygen atoms in total. The second-order valence-electron chi connectivity index (χ2n) is 2.85. The zero-order chi connectivity index (χ0) is 9.84. The molecular weight excluding hydrogens is 174 g/mol. The van der Waals surface area contributed by atoms with Crippen LogP contribution in [-0.4, -0.2) is 37.6 Å². The number of amides is 2. The molecule has 0 aromatic rings. The second kappa shape index (κ2) is 4.20. The van der Waals surface area contributed by atoms with Crippen molar-refractivity contribution in [3.8, 4) is 0 Å². The quantitative estimate of drug-likeness (QED) is 0.484. The number of hydrogen-bond donors (Lipinski definition) is 3. The highest BCUT2D eigenvalue weighted by Gasteiger charge is 2.28. The van der Waals surface area contributed by atoms with E-state index in [9.17, 15) is 9.59 Å².